The Kier molecular flexibility index (Phi) is 6.18. The zero-order chi connectivity index (χ0) is 22.2. The quantitative estimate of drug-likeness (QED) is 0.509. The van der Waals surface area contributed by atoms with Crippen LogP contribution in [0.25, 0.3) is 0 Å². The zero-order valence-corrected chi connectivity index (χ0v) is 18.8. The number of amides is 2. The van der Waals surface area contributed by atoms with E-state index in [4.69, 9.17) is 16.0 Å². The molecule has 1 aromatic heterocycles. The monoisotopic (exact) mass is 467 g/mol. The lowest BCUT2D eigenvalue weighted by Crippen LogP contribution is -2.39. The van der Waals surface area contributed by atoms with Crippen molar-refractivity contribution in [3.63, 3.8) is 0 Å². The number of aromatic hydroxyl groups is 1. The maximum absolute atomic E-state index is 13.1. The number of hydrogen-bond donors (Lipinski definition) is 4. The first-order chi connectivity index (χ1) is 14.8. The molecule has 0 radical (unpaired) electrons. The van der Waals surface area contributed by atoms with Gasteiger partial charge in [-0.1, -0.05) is 11.6 Å². The largest absolute Gasteiger partial charge is 0.504 e. The van der Waals surface area contributed by atoms with Crippen molar-refractivity contribution in [1.29, 1.82) is 0 Å². The molecule has 2 aliphatic rings. The first kappa shape index (κ1) is 22.0. The summed E-state index contributed by atoms with van der Waals surface area (Å²) in [4.78, 5) is 12.3. The second-order valence-electron chi connectivity index (χ2n) is 8.08. The topological polar surface area (TPSA) is 121 Å². The number of aryl methyl sites for hydroxylation is 2. The molecule has 4 N–H and O–H groups in total. The summed E-state index contributed by atoms with van der Waals surface area (Å²) < 4.78 is 31.9. The van der Waals surface area contributed by atoms with Gasteiger partial charge in [0.05, 0.1) is 22.0 Å². The Bertz CT molecular complexity index is 1090. The van der Waals surface area contributed by atoms with Crippen LogP contribution in [0.15, 0.2) is 27.5 Å². The molecule has 2 unspecified atom stereocenters. The summed E-state index contributed by atoms with van der Waals surface area (Å²) in [6.07, 6.45) is 3.75. The molecule has 2 amide bonds. The summed E-state index contributed by atoms with van der Waals surface area (Å²) >= 11 is 6.16. The molecule has 1 aliphatic carbocycles. The van der Waals surface area contributed by atoms with Gasteiger partial charge in [0.2, 0.25) is 0 Å². The molecule has 4 rings (SSSR count). The lowest BCUT2D eigenvalue weighted by molar-refractivity contribution is 0.243. The highest BCUT2D eigenvalue weighted by Gasteiger charge is 2.34. The maximum Gasteiger partial charge on any atom is 0.319 e. The van der Waals surface area contributed by atoms with Gasteiger partial charge in [-0.2, -0.15) is 0 Å². The third-order valence-electron chi connectivity index (χ3n) is 5.83. The number of benzene rings is 1. The number of halogens is 1. The highest BCUT2D eigenvalue weighted by atomic mass is 35.5. The molecule has 2 aromatic rings. The molecule has 1 aromatic carbocycles. The maximum atomic E-state index is 13.1. The SMILES string of the molecule is Cc1cc2c(o1)C(NC(=O)Nc1ccc(Cl)c(S(=O)(=O)C3CCCNC3)c1O)CCC2. The molecule has 1 fully saturated rings. The lowest BCUT2D eigenvalue weighted by Gasteiger charge is -2.24. The van der Waals surface area contributed by atoms with Gasteiger partial charge in [0.1, 0.15) is 16.4 Å². The van der Waals surface area contributed by atoms with Gasteiger partial charge in [-0.3, -0.25) is 0 Å². The molecule has 0 spiro atoms. The minimum absolute atomic E-state index is 0.0177. The van der Waals surface area contributed by atoms with Gasteiger partial charge < -0.3 is 25.5 Å². The van der Waals surface area contributed by atoms with Crippen LogP contribution in [-0.4, -0.2) is 37.9 Å². The van der Waals surface area contributed by atoms with Crippen molar-refractivity contribution in [2.75, 3.05) is 18.4 Å². The number of phenols is 1. The lowest BCUT2D eigenvalue weighted by atomic mass is 9.94. The van der Waals surface area contributed by atoms with Crippen molar-refractivity contribution in [2.45, 2.75) is 55.2 Å². The molecule has 168 valence electrons. The number of anilines is 1. The number of sulfone groups is 1. The van der Waals surface area contributed by atoms with E-state index < -0.39 is 26.9 Å². The zero-order valence-electron chi connectivity index (χ0n) is 17.2. The molecule has 1 aliphatic heterocycles. The Morgan fingerprint density at radius 3 is 2.84 bits per heavy atom. The van der Waals surface area contributed by atoms with Crippen molar-refractivity contribution >= 4 is 33.2 Å². The van der Waals surface area contributed by atoms with Gasteiger partial charge in [0, 0.05) is 6.54 Å². The normalized spacial score (nSPS) is 21.4. The van der Waals surface area contributed by atoms with Gasteiger partial charge in [0.15, 0.2) is 15.6 Å². The number of urea groups is 1. The highest BCUT2D eigenvalue weighted by molar-refractivity contribution is 7.92. The second-order valence-corrected chi connectivity index (χ2v) is 10.6. The van der Waals surface area contributed by atoms with E-state index in [0.29, 0.717) is 13.0 Å². The molecule has 8 nitrogen and oxygen atoms in total. The van der Waals surface area contributed by atoms with Crippen LogP contribution in [-0.2, 0) is 16.3 Å². The number of nitrogens with one attached hydrogen (secondary N) is 3. The van der Waals surface area contributed by atoms with Gasteiger partial charge in [-0.15, -0.1) is 0 Å². The smallest absolute Gasteiger partial charge is 0.319 e. The van der Waals surface area contributed by atoms with E-state index in [2.05, 4.69) is 16.0 Å². The third kappa shape index (κ3) is 4.40. The van der Waals surface area contributed by atoms with E-state index in [0.717, 1.165) is 49.3 Å². The molecule has 0 saturated carbocycles. The molecule has 31 heavy (non-hydrogen) atoms. The third-order valence-corrected chi connectivity index (χ3v) is 8.52. The van der Waals surface area contributed by atoms with E-state index >= 15 is 0 Å². The van der Waals surface area contributed by atoms with Crippen molar-refractivity contribution in [2.24, 2.45) is 0 Å². The molecule has 0 bridgehead atoms. The number of rotatable bonds is 4. The number of furan rings is 1. The van der Waals surface area contributed by atoms with Crippen LogP contribution < -0.4 is 16.0 Å². The molecule has 2 atom stereocenters. The van der Waals surface area contributed by atoms with Crippen molar-refractivity contribution in [1.82, 2.24) is 10.6 Å². The minimum Gasteiger partial charge on any atom is -0.504 e. The van der Waals surface area contributed by atoms with Gasteiger partial charge in [0.25, 0.3) is 0 Å². The average molecular weight is 468 g/mol. The number of piperidine rings is 1. The van der Waals surface area contributed by atoms with Crippen molar-refractivity contribution in [3.8, 4) is 5.75 Å². The van der Waals surface area contributed by atoms with Crippen LogP contribution in [0, 0.1) is 6.92 Å². The summed E-state index contributed by atoms with van der Waals surface area (Å²) in [6.45, 7) is 2.92. The molecule has 10 heteroatoms. The Balaban J connectivity index is 1.54. The molecular formula is C21H26ClN3O5S. The molecular weight excluding hydrogens is 442 g/mol. The van der Waals surface area contributed by atoms with E-state index in [9.17, 15) is 18.3 Å². The second kappa shape index (κ2) is 8.72. The fourth-order valence-electron chi connectivity index (χ4n) is 4.33. The Labute approximate surface area is 186 Å². The first-order valence-corrected chi connectivity index (χ1v) is 12.3. The summed E-state index contributed by atoms with van der Waals surface area (Å²) in [7, 11) is -3.88. The predicted molar refractivity (Wildman–Crippen MR) is 117 cm³/mol. The number of carbonyl (C=O) groups excluding carboxylic acids is 1. The van der Waals surface area contributed by atoms with Crippen LogP contribution in [0.5, 0.6) is 5.75 Å². The average Bonchev–Trinajstić information content (AvgIpc) is 3.12. The highest BCUT2D eigenvalue weighted by Crippen LogP contribution is 2.40. The summed E-state index contributed by atoms with van der Waals surface area (Å²) in [5, 5.41) is 18.4. The Morgan fingerprint density at radius 2 is 2.10 bits per heavy atom. The Morgan fingerprint density at radius 1 is 1.29 bits per heavy atom. The van der Waals surface area contributed by atoms with Crippen molar-refractivity contribution in [3.05, 3.63) is 40.3 Å². The summed E-state index contributed by atoms with van der Waals surface area (Å²) in [5.74, 6) is 0.986. The van der Waals surface area contributed by atoms with E-state index in [1.54, 1.807) is 0 Å². The van der Waals surface area contributed by atoms with Gasteiger partial charge in [-0.25, -0.2) is 13.2 Å². The molecule has 2 heterocycles. The number of carbonyl (C=O) groups is 1. The van der Waals surface area contributed by atoms with Crippen LogP contribution in [0.3, 0.4) is 0 Å². The number of hydrogen-bond acceptors (Lipinski definition) is 6. The van der Waals surface area contributed by atoms with E-state index in [-0.39, 0.29) is 21.6 Å². The van der Waals surface area contributed by atoms with Gasteiger partial charge in [-0.05, 0) is 69.3 Å². The van der Waals surface area contributed by atoms with Crippen LogP contribution in [0.1, 0.15) is 48.8 Å². The minimum atomic E-state index is -3.88. The van der Waals surface area contributed by atoms with Gasteiger partial charge >= 0.3 is 6.03 Å². The first-order valence-electron chi connectivity index (χ1n) is 10.4. The number of phenolic OH excluding ortho intramolecular Hbond substituents is 1. The van der Waals surface area contributed by atoms with E-state index in [1.807, 2.05) is 13.0 Å². The van der Waals surface area contributed by atoms with Crippen LogP contribution in [0.4, 0.5) is 10.5 Å². The molecule has 1 saturated heterocycles. The summed E-state index contributed by atoms with van der Waals surface area (Å²) in [6, 6.07) is 3.88. The standard InChI is InChI=1S/C21H26ClN3O5S/c1-12-10-13-4-2-6-17(19(13)30-12)25-21(27)24-16-8-7-15(22)20(18(16)26)31(28,29)14-5-3-9-23-11-14/h7-8,10,14,17,23,26H,2-6,9,11H2,1H3,(H2,24,25,27). The fourth-order valence-corrected chi connectivity index (χ4v) is 6.67. The van der Waals surface area contributed by atoms with Crippen LogP contribution in [0.2, 0.25) is 5.02 Å². The number of fused-ring (bicyclic) bond motifs is 1. The van der Waals surface area contributed by atoms with Crippen LogP contribution >= 0.6 is 11.6 Å². The fraction of sp³-hybridized carbons (Fsp3) is 0.476. The summed E-state index contributed by atoms with van der Waals surface area (Å²) in [5.41, 5.74) is 1.06. The predicted octanol–water partition coefficient (Wildman–Crippen LogP) is 3.67. The van der Waals surface area contributed by atoms with E-state index in [1.165, 1.54) is 12.1 Å². The van der Waals surface area contributed by atoms with Crippen molar-refractivity contribution < 1.29 is 22.7 Å². The Hall–Kier alpha value is -2.23.